The normalized spacial score (nSPS) is 11.1. The summed E-state index contributed by atoms with van der Waals surface area (Å²) in [6, 6.07) is 21.3. The zero-order valence-electron chi connectivity index (χ0n) is 16.6. The maximum atomic E-state index is 6.33. The van der Waals surface area contributed by atoms with Crippen LogP contribution >= 0.6 is 0 Å². The first-order valence-electron chi connectivity index (χ1n) is 9.64. The van der Waals surface area contributed by atoms with Crippen molar-refractivity contribution in [1.29, 1.82) is 0 Å². The third kappa shape index (κ3) is 2.56. The van der Waals surface area contributed by atoms with Gasteiger partial charge in [0.15, 0.2) is 0 Å². The van der Waals surface area contributed by atoms with Crippen molar-refractivity contribution in [1.82, 2.24) is 4.57 Å². The van der Waals surface area contributed by atoms with Crippen molar-refractivity contribution in [2.24, 2.45) is 0 Å². The van der Waals surface area contributed by atoms with Gasteiger partial charge in [-0.15, -0.1) is 0 Å². The number of rotatable bonds is 1. The number of aryl methyl sites for hydroxylation is 3. The molecule has 0 unspecified atom stereocenters. The van der Waals surface area contributed by atoms with Crippen molar-refractivity contribution in [3.8, 4) is 5.69 Å². The zero-order valence-corrected chi connectivity index (χ0v) is 16.6. The monoisotopic (exact) mass is 355 g/mol. The molecule has 0 atom stereocenters. The van der Waals surface area contributed by atoms with E-state index in [9.17, 15) is 0 Å². The average Bonchev–Trinajstić information content (AvgIpc) is 3.18. The average molecular weight is 355 g/mol. The van der Waals surface area contributed by atoms with Crippen molar-refractivity contribution in [3.63, 3.8) is 0 Å². The van der Waals surface area contributed by atoms with Gasteiger partial charge in [-0.05, 0) is 44.0 Å². The Morgan fingerprint density at radius 2 is 1.33 bits per heavy atom. The molecule has 5 aromatic rings. The van der Waals surface area contributed by atoms with Gasteiger partial charge in [0.25, 0.3) is 0 Å². The van der Waals surface area contributed by atoms with Gasteiger partial charge in [0.1, 0.15) is 5.58 Å². The molecule has 2 heteroatoms. The summed E-state index contributed by atoms with van der Waals surface area (Å²) < 4.78 is 8.61. The molecule has 0 amide bonds. The second-order valence-electron chi connectivity index (χ2n) is 6.88. The predicted molar refractivity (Wildman–Crippen MR) is 116 cm³/mol. The molecule has 0 spiro atoms. The van der Waals surface area contributed by atoms with Gasteiger partial charge in [-0.3, -0.25) is 4.57 Å². The molecule has 0 saturated heterocycles. The third-order valence-corrected chi connectivity index (χ3v) is 5.05. The molecule has 2 heterocycles. The number of hydrogen-bond donors (Lipinski definition) is 0. The highest BCUT2D eigenvalue weighted by Gasteiger charge is 2.20. The van der Waals surface area contributed by atoms with Crippen LogP contribution in [0.1, 0.15) is 30.5 Å². The van der Waals surface area contributed by atoms with E-state index < -0.39 is 0 Å². The minimum Gasteiger partial charge on any atom is -0.439 e. The maximum absolute atomic E-state index is 6.33. The summed E-state index contributed by atoms with van der Waals surface area (Å²) in [5.41, 5.74) is 8.09. The fourth-order valence-electron chi connectivity index (χ4n) is 4.19. The number of hydrogen-bond acceptors (Lipinski definition) is 1. The van der Waals surface area contributed by atoms with Crippen LogP contribution in [-0.4, -0.2) is 4.57 Å². The SMILES string of the molecule is CC.Cc1cc(C)c(-n2c3ccccc3c3c4ccccc4oc32)c(C)c1. The highest BCUT2D eigenvalue weighted by molar-refractivity contribution is 6.19. The molecule has 27 heavy (non-hydrogen) atoms. The molecular formula is C25H25NO. The fraction of sp³-hybridized carbons (Fsp3) is 0.200. The van der Waals surface area contributed by atoms with Crippen LogP contribution in [0.2, 0.25) is 0 Å². The molecule has 0 aliphatic heterocycles. The van der Waals surface area contributed by atoms with Gasteiger partial charge in [0.2, 0.25) is 5.71 Å². The van der Waals surface area contributed by atoms with E-state index in [1.165, 1.54) is 44.1 Å². The third-order valence-electron chi connectivity index (χ3n) is 5.05. The highest BCUT2D eigenvalue weighted by atomic mass is 16.3. The van der Waals surface area contributed by atoms with E-state index in [2.05, 4.69) is 73.9 Å². The Balaban J connectivity index is 0.000000872. The standard InChI is InChI=1S/C23H19NO.C2H6/c1-14-12-15(2)22(16(3)13-14)24-19-10-6-4-8-17(19)21-18-9-5-7-11-20(18)25-23(21)24;1-2/h4-13H,1-3H3;1-2H3. The Morgan fingerprint density at radius 1 is 0.741 bits per heavy atom. The first-order valence-corrected chi connectivity index (χ1v) is 9.64. The van der Waals surface area contributed by atoms with E-state index in [1.807, 2.05) is 26.0 Å². The van der Waals surface area contributed by atoms with Crippen LogP contribution in [0.5, 0.6) is 0 Å². The second-order valence-corrected chi connectivity index (χ2v) is 6.88. The molecule has 0 bridgehead atoms. The molecule has 0 fully saturated rings. The van der Waals surface area contributed by atoms with E-state index in [1.54, 1.807) is 0 Å². The molecule has 0 aliphatic carbocycles. The molecule has 2 nitrogen and oxygen atoms in total. The van der Waals surface area contributed by atoms with E-state index in [0.717, 1.165) is 11.3 Å². The lowest BCUT2D eigenvalue weighted by atomic mass is 10.0. The van der Waals surface area contributed by atoms with Crippen molar-refractivity contribution in [3.05, 3.63) is 77.4 Å². The molecule has 136 valence electrons. The Morgan fingerprint density at radius 3 is 2.04 bits per heavy atom. The summed E-state index contributed by atoms with van der Waals surface area (Å²) in [6.07, 6.45) is 0. The molecule has 0 radical (unpaired) electrons. The first kappa shape index (κ1) is 17.4. The van der Waals surface area contributed by atoms with E-state index in [0.29, 0.717) is 0 Å². The van der Waals surface area contributed by atoms with Gasteiger partial charge in [0.05, 0.1) is 16.6 Å². The van der Waals surface area contributed by atoms with Gasteiger partial charge >= 0.3 is 0 Å². The van der Waals surface area contributed by atoms with Crippen molar-refractivity contribution in [2.45, 2.75) is 34.6 Å². The van der Waals surface area contributed by atoms with Crippen LogP contribution in [0.25, 0.3) is 38.7 Å². The fourth-order valence-corrected chi connectivity index (χ4v) is 4.19. The van der Waals surface area contributed by atoms with Crippen LogP contribution in [0.15, 0.2) is 65.1 Å². The van der Waals surface area contributed by atoms with Crippen LogP contribution < -0.4 is 0 Å². The molecular weight excluding hydrogens is 330 g/mol. The smallest absolute Gasteiger partial charge is 0.213 e. The van der Waals surface area contributed by atoms with Crippen molar-refractivity contribution in [2.75, 3.05) is 0 Å². The largest absolute Gasteiger partial charge is 0.439 e. The highest BCUT2D eigenvalue weighted by Crippen LogP contribution is 2.40. The zero-order chi connectivity index (χ0) is 19.1. The van der Waals surface area contributed by atoms with Crippen LogP contribution in [0, 0.1) is 20.8 Å². The Labute approximate surface area is 160 Å². The minimum atomic E-state index is 0.928. The molecule has 5 rings (SSSR count). The number of benzene rings is 3. The summed E-state index contributed by atoms with van der Waals surface area (Å²) in [7, 11) is 0. The van der Waals surface area contributed by atoms with Gasteiger partial charge in [-0.2, -0.15) is 0 Å². The summed E-state index contributed by atoms with van der Waals surface area (Å²) in [6.45, 7) is 10.5. The van der Waals surface area contributed by atoms with Crippen LogP contribution in [0.3, 0.4) is 0 Å². The van der Waals surface area contributed by atoms with Crippen LogP contribution in [-0.2, 0) is 0 Å². The summed E-state index contributed by atoms with van der Waals surface area (Å²) in [5, 5.41) is 3.61. The molecule has 0 aliphatic rings. The number of furan rings is 1. The number of aromatic nitrogens is 1. The van der Waals surface area contributed by atoms with E-state index in [4.69, 9.17) is 4.42 Å². The Hall–Kier alpha value is -3.00. The summed E-state index contributed by atoms with van der Waals surface area (Å²) in [4.78, 5) is 0. The predicted octanol–water partition coefficient (Wildman–Crippen LogP) is 7.48. The quantitative estimate of drug-likeness (QED) is 0.305. The Bertz CT molecular complexity index is 1250. The Kier molecular flexibility index (Phi) is 4.27. The topological polar surface area (TPSA) is 18.1 Å². The lowest BCUT2D eigenvalue weighted by molar-refractivity contribution is 0.644. The lowest BCUT2D eigenvalue weighted by Gasteiger charge is -2.14. The van der Waals surface area contributed by atoms with E-state index in [-0.39, 0.29) is 0 Å². The lowest BCUT2D eigenvalue weighted by Crippen LogP contribution is -2.00. The van der Waals surface area contributed by atoms with E-state index >= 15 is 0 Å². The summed E-state index contributed by atoms with van der Waals surface area (Å²) in [5.74, 6) is 0. The van der Waals surface area contributed by atoms with Gasteiger partial charge in [-0.1, -0.05) is 67.9 Å². The van der Waals surface area contributed by atoms with Crippen molar-refractivity contribution < 1.29 is 4.42 Å². The molecule has 2 aromatic heterocycles. The van der Waals surface area contributed by atoms with Gasteiger partial charge in [0, 0.05) is 10.8 Å². The maximum Gasteiger partial charge on any atom is 0.213 e. The summed E-state index contributed by atoms with van der Waals surface area (Å²) >= 11 is 0. The first-order chi connectivity index (χ1) is 13.1. The number of fused-ring (bicyclic) bond motifs is 5. The number of para-hydroxylation sites is 2. The number of nitrogens with zero attached hydrogens (tertiary/aromatic N) is 1. The molecule has 3 aromatic carbocycles. The van der Waals surface area contributed by atoms with Crippen LogP contribution in [0.4, 0.5) is 0 Å². The van der Waals surface area contributed by atoms with Gasteiger partial charge < -0.3 is 4.42 Å². The second kappa shape index (κ2) is 6.62. The molecule has 0 saturated carbocycles. The van der Waals surface area contributed by atoms with Crippen molar-refractivity contribution >= 4 is 33.0 Å². The molecule has 0 N–H and O–H groups in total. The minimum absolute atomic E-state index is 0.928. The van der Waals surface area contributed by atoms with Gasteiger partial charge in [-0.25, -0.2) is 0 Å².